The first kappa shape index (κ1) is 15.5. The summed E-state index contributed by atoms with van der Waals surface area (Å²) in [6, 6.07) is 7.02. The highest BCUT2D eigenvalue weighted by Gasteiger charge is 2.14. The Morgan fingerprint density at radius 1 is 1.57 bits per heavy atom. The van der Waals surface area contributed by atoms with E-state index in [4.69, 9.17) is 22.1 Å². The molecule has 2 rings (SSSR count). The average molecular weight is 309 g/mol. The summed E-state index contributed by atoms with van der Waals surface area (Å²) in [7, 11) is 1.53. The minimum atomic E-state index is -0.308. The molecular weight excluding hydrogens is 292 g/mol. The highest BCUT2D eigenvalue weighted by Crippen LogP contribution is 2.24. The number of rotatable bonds is 6. The molecule has 1 aromatic carbocycles. The van der Waals surface area contributed by atoms with Crippen molar-refractivity contribution in [1.82, 2.24) is 9.78 Å². The van der Waals surface area contributed by atoms with Gasteiger partial charge in [-0.3, -0.25) is 4.79 Å². The number of hydrogen-bond acceptors (Lipinski definition) is 4. The molecule has 2 aromatic rings. The van der Waals surface area contributed by atoms with Gasteiger partial charge in [0.15, 0.2) is 0 Å². The highest BCUT2D eigenvalue weighted by molar-refractivity contribution is 6.31. The Hall–Kier alpha value is -1.89. The molecule has 7 heteroatoms. The SMILES string of the molecule is COC(CN)CC(=O)Nc1cc(Cl)ccc1-n1cccn1. The molecule has 0 saturated carbocycles. The van der Waals surface area contributed by atoms with Gasteiger partial charge in [-0.2, -0.15) is 5.10 Å². The van der Waals surface area contributed by atoms with Gasteiger partial charge in [0.25, 0.3) is 0 Å². The van der Waals surface area contributed by atoms with Crippen molar-refractivity contribution in [3.63, 3.8) is 0 Å². The first-order valence-electron chi connectivity index (χ1n) is 6.46. The number of nitrogens with one attached hydrogen (secondary N) is 1. The summed E-state index contributed by atoms with van der Waals surface area (Å²) in [4.78, 5) is 12.1. The van der Waals surface area contributed by atoms with Gasteiger partial charge in [0.05, 0.1) is 23.9 Å². The molecule has 3 N–H and O–H groups in total. The number of methoxy groups -OCH3 is 1. The van der Waals surface area contributed by atoms with Crippen LogP contribution in [0.5, 0.6) is 0 Å². The number of anilines is 1. The van der Waals surface area contributed by atoms with Crippen molar-refractivity contribution in [3.05, 3.63) is 41.7 Å². The number of carbonyl (C=O) groups excluding carboxylic acids is 1. The number of hydrogen-bond donors (Lipinski definition) is 2. The topological polar surface area (TPSA) is 82.2 Å². The molecule has 6 nitrogen and oxygen atoms in total. The van der Waals surface area contributed by atoms with E-state index in [1.165, 1.54) is 7.11 Å². The van der Waals surface area contributed by atoms with Gasteiger partial charge in [0.2, 0.25) is 5.91 Å². The van der Waals surface area contributed by atoms with E-state index in [1.807, 2.05) is 0 Å². The second kappa shape index (κ2) is 7.21. The lowest BCUT2D eigenvalue weighted by Gasteiger charge is -2.15. The van der Waals surface area contributed by atoms with Crippen LogP contribution in [0.3, 0.4) is 0 Å². The molecule has 0 radical (unpaired) electrons. The Balaban J connectivity index is 2.19. The summed E-state index contributed by atoms with van der Waals surface area (Å²) in [5, 5.41) is 7.50. The molecule has 112 valence electrons. The molecule has 0 fully saturated rings. The Kier molecular flexibility index (Phi) is 5.32. The van der Waals surface area contributed by atoms with Crippen LogP contribution < -0.4 is 11.1 Å². The van der Waals surface area contributed by atoms with E-state index in [-0.39, 0.29) is 25.0 Å². The fourth-order valence-electron chi connectivity index (χ4n) is 1.89. The van der Waals surface area contributed by atoms with Gasteiger partial charge in [-0.05, 0) is 24.3 Å². The van der Waals surface area contributed by atoms with Crippen LogP contribution in [0.1, 0.15) is 6.42 Å². The van der Waals surface area contributed by atoms with Gasteiger partial charge >= 0.3 is 0 Å². The Morgan fingerprint density at radius 3 is 3.00 bits per heavy atom. The largest absolute Gasteiger partial charge is 0.380 e. The van der Waals surface area contributed by atoms with Gasteiger partial charge in [-0.1, -0.05) is 11.6 Å². The first-order valence-corrected chi connectivity index (χ1v) is 6.84. The standard InChI is InChI=1S/C14H17ClN4O2/c1-21-11(9-16)8-14(20)18-12-7-10(15)3-4-13(12)19-6-2-5-17-19/h2-7,11H,8-9,16H2,1H3,(H,18,20). The van der Waals surface area contributed by atoms with Crippen molar-refractivity contribution < 1.29 is 9.53 Å². The smallest absolute Gasteiger partial charge is 0.227 e. The molecule has 0 aliphatic rings. The second-order valence-electron chi connectivity index (χ2n) is 4.46. The number of ether oxygens (including phenoxy) is 1. The van der Waals surface area contributed by atoms with E-state index in [2.05, 4.69) is 10.4 Å². The van der Waals surface area contributed by atoms with Gasteiger partial charge in [-0.25, -0.2) is 4.68 Å². The molecule has 1 aromatic heterocycles. The highest BCUT2D eigenvalue weighted by atomic mass is 35.5. The Labute approximate surface area is 127 Å². The summed E-state index contributed by atoms with van der Waals surface area (Å²) in [5.74, 6) is -0.192. The summed E-state index contributed by atoms with van der Waals surface area (Å²) >= 11 is 6.00. The fourth-order valence-corrected chi connectivity index (χ4v) is 2.06. The van der Waals surface area contributed by atoms with Crippen molar-refractivity contribution in [2.75, 3.05) is 19.0 Å². The average Bonchev–Trinajstić information content (AvgIpc) is 2.99. The summed E-state index contributed by atoms with van der Waals surface area (Å²) in [6.07, 6.45) is 3.32. The Bertz CT molecular complexity index is 597. The molecule has 1 amide bonds. The number of halogens is 1. The maximum Gasteiger partial charge on any atom is 0.227 e. The number of nitrogens with zero attached hydrogens (tertiary/aromatic N) is 2. The van der Waals surface area contributed by atoms with Crippen LogP contribution in [0.4, 0.5) is 5.69 Å². The maximum absolute atomic E-state index is 12.1. The molecule has 0 saturated heterocycles. The maximum atomic E-state index is 12.1. The summed E-state index contributed by atoms with van der Waals surface area (Å²) in [5.41, 5.74) is 6.84. The lowest BCUT2D eigenvalue weighted by molar-refractivity contribution is -0.118. The number of amides is 1. The Morgan fingerprint density at radius 2 is 2.38 bits per heavy atom. The monoisotopic (exact) mass is 308 g/mol. The molecule has 0 bridgehead atoms. The van der Waals surface area contributed by atoms with Gasteiger partial charge in [-0.15, -0.1) is 0 Å². The molecule has 1 atom stereocenters. The minimum absolute atomic E-state index is 0.179. The van der Waals surface area contributed by atoms with E-state index in [9.17, 15) is 4.79 Å². The van der Waals surface area contributed by atoms with Crippen molar-refractivity contribution >= 4 is 23.2 Å². The van der Waals surface area contributed by atoms with Crippen LogP contribution in [0.2, 0.25) is 5.02 Å². The van der Waals surface area contributed by atoms with Crippen LogP contribution in [0.25, 0.3) is 5.69 Å². The number of benzene rings is 1. The zero-order valence-electron chi connectivity index (χ0n) is 11.6. The van der Waals surface area contributed by atoms with Gasteiger partial charge in [0.1, 0.15) is 0 Å². The van der Waals surface area contributed by atoms with Crippen LogP contribution >= 0.6 is 11.6 Å². The van der Waals surface area contributed by atoms with Crippen LogP contribution in [0.15, 0.2) is 36.7 Å². The van der Waals surface area contributed by atoms with E-state index in [1.54, 1.807) is 41.3 Å². The molecule has 0 aliphatic carbocycles. The molecule has 0 aliphatic heterocycles. The van der Waals surface area contributed by atoms with Gasteiger partial charge in [0, 0.05) is 31.1 Å². The lowest BCUT2D eigenvalue weighted by Crippen LogP contribution is -2.28. The van der Waals surface area contributed by atoms with Crippen molar-refractivity contribution in [2.45, 2.75) is 12.5 Å². The fraction of sp³-hybridized carbons (Fsp3) is 0.286. The second-order valence-corrected chi connectivity index (χ2v) is 4.89. The van der Waals surface area contributed by atoms with E-state index in [0.717, 1.165) is 5.69 Å². The number of aromatic nitrogens is 2. The quantitative estimate of drug-likeness (QED) is 0.853. The normalized spacial score (nSPS) is 12.1. The van der Waals surface area contributed by atoms with Crippen LogP contribution in [0, 0.1) is 0 Å². The summed E-state index contributed by atoms with van der Waals surface area (Å²) < 4.78 is 6.76. The van der Waals surface area contributed by atoms with Crippen LogP contribution in [-0.4, -0.2) is 35.4 Å². The third-order valence-electron chi connectivity index (χ3n) is 2.99. The van der Waals surface area contributed by atoms with Crippen molar-refractivity contribution in [1.29, 1.82) is 0 Å². The molecule has 0 spiro atoms. The molecule has 1 heterocycles. The molecule has 21 heavy (non-hydrogen) atoms. The predicted molar refractivity (Wildman–Crippen MR) is 81.7 cm³/mol. The predicted octanol–water partition coefficient (Wildman–Crippen LogP) is 1.83. The summed E-state index contributed by atoms with van der Waals surface area (Å²) in [6.45, 7) is 0.283. The van der Waals surface area contributed by atoms with E-state index >= 15 is 0 Å². The number of nitrogens with two attached hydrogens (primary N) is 1. The lowest BCUT2D eigenvalue weighted by atomic mass is 10.2. The van der Waals surface area contributed by atoms with Gasteiger partial charge < -0.3 is 15.8 Å². The van der Waals surface area contributed by atoms with E-state index < -0.39 is 0 Å². The first-order chi connectivity index (χ1) is 10.1. The van der Waals surface area contributed by atoms with E-state index in [0.29, 0.717) is 10.7 Å². The van der Waals surface area contributed by atoms with Crippen LogP contribution in [-0.2, 0) is 9.53 Å². The zero-order valence-corrected chi connectivity index (χ0v) is 12.4. The molecule has 1 unspecified atom stereocenters. The van der Waals surface area contributed by atoms with Crippen molar-refractivity contribution in [2.24, 2.45) is 5.73 Å². The molecular formula is C14H17ClN4O2. The third kappa shape index (κ3) is 4.04. The zero-order chi connectivity index (χ0) is 15.2. The van der Waals surface area contributed by atoms with Crippen molar-refractivity contribution in [3.8, 4) is 5.69 Å². The number of carbonyl (C=O) groups is 1. The third-order valence-corrected chi connectivity index (χ3v) is 3.23. The minimum Gasteiger partial charge on any atom is -0.380 e.